The Balaban J connectivity index is 2.39. The number of benzene rings is 1. The molecule has 1 heterocycles. The molecule has 0 saturated carbocycles. The van der Waals surface area contributed by atoms with E-state index in [0.29, 0.717) is 11.1 Å². The van der Waals surface area contributed by atoms with Crippen LogP contribution in [0.3, 0.4) is 0 Å². The average molecular weight is 288 g/mol. The number of nitrogens with zero attached hydrogens (tertiary/aromatic N) is 3. The topological polar surface area (TPSA) is 124 Å². The van der Waals surface area contributed by atoms with Crippen LogP contribution in [0.1, 0.15) is 11.1 Å². The number of rotatable bonds is 4. The van der Waals surface area contributed by atoms with Crippen molar-refractivity contribution in [2.45, 2.75) is 6.92 Å². The fraction of sp³-hybridized carbons (Fsp3) is 0.0769. The molecular formula is C13H12N4O4. The molecule has 0 radical (unpaired) electrons. The van der Waals surface area contributed by atoms with E-state index < -0.39 is 4.92 Å². The van der Waals surface area contributed by atoms with Crippen LogP contribution in [0.25, 0.3) is 0 Å². The number of amidine groups is 1. The van der Waals surface area contributed by atoms with E-state index in [9.17, 15) is 10.1 Å². The van der Waals surface area contributed by atoms with Crippen LogP contribution >= 0.6 is 0 Å². The largest absolute Gasteiger partial charge is 0.432 e. The van der Waals surface area contributed by atoms with Crippen LogP contribution in [0.5, 0.6) is 11.6 Å². The maximum atomic E-state index is 11.1. The quantitative estimate of drug-likeness (QED) is 0.292. The van der Waals surface area contributed by atoms with Gasteiger partial charge in [0.2, 0.25) is 11.6 Å². The molecule has 0 amide bonds. The maximum Gasteiger partial charge on any atom is 0.314 e. The number of nitrogens with two attached hydrogens (primary N) is 1. The van der Waals surface area contributed by atoms with Crippen molar-refractivity contribution in [2.75, 3.05) is 0 Å². The van der Waals surface area contributed by atoms with E-state index in [4.69, 9.17) is 15.7 Å². The second kappa shape index (κ2) is 5.87. The minimum absolute atomic E-state index is 0.0733. The van der Waals surface area contributed by atoms with Gasteiger partial charge in [0.1, 0.15) is 0 Å². The number of nitro groups is 1. The highest BCUT2D eigenvalue weighted by molar-refractivity contribution is 5.97. The number of nitro benzene ring substituents is 1. The fourth-order valence-electron chi connectivity index (χ4n) is 1.74. The first kappa shape index (κ1) is 14.3. The Kier molecular flexibility index (Phi) is 3.98. The molecule has 2 aromatic rings. The van der Waals surface area contributed by atoms with Crippen molar-refractivity contribution in [3.8, 4) is 11.6 Å². The minimum Gasteiger partial charge on any atom is -0.432 e. The summed E-state index contributed by atoms with van der Waals surface area (Å²) in [4.78, 5) is 14.5. The third-order valence-corrected chi connectivity index (χ3v) is 2.74. The van der Waals surface area contributed by atoms with E-state index >= 15 is 0 Å². The van der Waals surface area contributed by atoms with Crippen LogP contribution in [0.15, 0.2) is 41.7 Å². The van der Waals surface area contributed by atoms with Gasteiger partial charge in [-0.2, -0.15) is 0 Å². The third kappa shape index (κ3) is 3.06. The minimum atomic E-state index is -0.516. The Morgan fingerprint density at radius 3 is 2.90 bits per heavy atom. The normalized spacial score (nSPS) is 11.2. The molecule has 0 spiro atoms. The summed E-state index contributed by atoms with van der Waals surface area (Å²) in [5, 5.41) is 22.6. The SMILES string of the molecule is Cc1cccc(Oc2cc(/C(N)=N/O)ccn2)c1[N+](=O)[O-]. The van der Waals surface area contributed by atoms with Crippen LogP contribution in [0.4, 0.5) is 5.69 Å². The van der Waals surface area contributed by atoms with E-state index in [0.717, 1.165) is 0 Å². The zero-order valence-corrected chi connectivity index (χ0v) is 11.1. The molecule has 0 aliphatic carbocycles. The Hall–Kier alpha value is -3.16. The number of ether oxygens (including phenoxy) is 1. The summed E-state index contributed by atoms with van der Waals surface area (Å²) in [6.07, 6.45) is 1.39. The average Bonchev–Trinajstić information content (AvgIpc) is 2.46. The highest BCUT2D eigenvalue weighted by Crippen LogP contribution is 2.33. The van der Waals surface area contributed by atoms with Crippen molar-refractivity contribution in [1.82, 2.24) is 4.98 Å². The van der Waals surface area contributed by atoms with Gasteiger partial charge in [-0.25, -0.2) is 4.98 Å². The van der Waals surface area contributed by atoms with E-state index in [1.807, 2.05) is 0 Å². The molecule has 0 unspecified atom stereocenters. The van der Waals surface area contributed by atoms with Gasteiger partial charge in [-0.05, 0) is 19.1 Å². The fourth-order valence-corrected chi connectivity index (χ4v) is 1.74. The zero-order valence-electron chi connectivity index (χ0n) is 11.1. The number of oxime groups is 1. The van der Waals surface area contributed by atoms with Gasteiger partial charge in [0.25, 0.3) is 0 Å². The van der Waals surface area contributed by atoms with Gasteiger partial charge in [0.05, 0.1) is 4.92 Å². The lowest BCUT2D eigenvalue weighted by Gasteiger charge is -2.07. The van der Waals surface area contributed by atoms with Crippen LogP contribution in [0.2, 0.25) is 0 Å². The van der Waals surface area contributed by atoms with Gasteiger partial charge in [-0.15, -0.1) is 0 Å². The predicted octanol–water partition coefficient (Wildman–Crippen LogP) is 2.19. The van der Waals surface area contributed by atoms with Gasteiger partial charge in [-0.3, -0.25) is 10.1 Å². The molecular weight excluding hydrogens is 276 g/mol. The predicted molar refractivity (Wildman–Crippen MR) is 74.7 cm³/mol. The van der Waals surface area contributed by atoms with Crippen LogP contribution in [-0.2, 0) is 0 Å². The standard InChI is InChI=1S/C13H12N4O4/c1-8-3-2-4-10(12(8)17(19)20)21-11-7-9(5-6-15-11)13(14)16-18/h2-7,18H,1H3,(H2,14,16). The number of pyridine rings is 1. The van der Waals surface area contributed by atoms with Crippen molar-refractivity contribution < 1.29 is 14.9 Å². The molecule has 0 saturated heterocycles. The van der Waals surface area contributed by atoms with Crippen LogP contribution in [0, 0.1) is 17.0 Å². The first-order valence-electron chi connectivity index (χ1n) is 5.88. The van der Waals surface area contributed by atoms with E-state index in [1.165, 1.54) is 24.4 Å². The summed E-state index contributed by atoms with van der Waals surface area (Å²) < 4.78 is 5.44. The monoisotopic (exact) mass is 288 g/mol. The molecule has 3 N–H and O–H groups in total. The summed E-state index contributed by atoms with van der Waals surface area (Å²) in [7, 11) is 0. The van der Waals surface area contributed by atoms with Gasteiger partial charge < -0.3 is 15.7 Å². The summed E-state index contributed by atoms with van der Waals surface area (Å²) >= 11 is 0. The molecule has 108 valence electrons. The van der Waals surface area contributed by atoms with Gasteiger partial charge in [-0.1, -0.05) is 17.3 Å². The molecule has 0 aliphatic heterocycles. The lowest BCUT2D eigenvalue weighted by molar-refractivity contribution is -0.386. The van der Waals surface area contributed by atoms with Crippen molar-refractivity contribution >= 4 is 11.5 Å². The van der Waals surface area contributed by atoms with Crippen molar-refractivity contribution in [1.29, 1.82) is 0 Å². The Labute approximate surface area is 119 Å². The number of aryl methyl sites for hydroxylation is 1. The molecule has 21 heavy (non-hydrogen) atoms. The molecule has 0 atom stereocenters. The number of hydrogen-bond acceptors (Lipinski definition) is 6. The summed E-state index contributed by atoms with van der Waals surface area (Å²) in [5.41, 5.74) is 6.20. The number of para-hydroxylation sites is 1. The van der Waals surface area contributed by atoms with E-state index in [2.05, 4.69) is 10.1 Å². The van der Waals surface area contributed by atoms with Crippen molar-refractivity contribution in [3.63, 3.8) is 0 Å². The summed E-state index contributed by atoms with van der Waals surface area (Å²) in [6, 6.07) is 7.67. The lowest BCUT2D eigenvalue weighted by atomic mass is 10.2. The van der Waals surface area contributed by atoms with E-state index in [1.54, 1.807) is 19.1 Å². The molecule has 2 rings (SSSR count). The zero-order chi connectivity index (χ0) is 15.4. The first-order chi connectivity index (χ1) is 10.0. The Bertz CT molecular complexity index is 715. The van der Waals surface area contributed by atoms with Crippen molar-refractivity contribution in [3.05, 3.63) is 57.8 Å². The summed E-state index contributed by atoms with van der Waals surface area (Å²) in [6.45, 7) is 1.62. The smallest absolute Gasteiger partial charge is 0.314 e. The molecule has 8 nitrogen and oxygen atoms in total. The molecule has 0 aliphatic rings. The highest BCUT2D eigenvalue weighted by Gasteiger charge is 2.19. The van der Waals surface area contributed by atoms with Crippen molar-refractivity contribution in [2.24, 2.45) is 10.9 Å². The molecule has 0 fully saturated rings. The molecule has 1 aromatic heterocycles. The van der Waals surface area contributed by atoms with Gasteiger partial charge in [0, 0.05) is 23.4 Å². The molecule has 0 bridgehead atoms. The van der Waals surface area contributed by atoms with Gasteiger partial charge in [0.15, 0.2) is 5.84 Å². The summed E-state index contributed by atoms with van der Waals surface area (Å²) in [5.74, 6) is 0.0675. The van der Waals surface area contributed by atoms with E-state index in [-0.39, 0.29) is 23.2 Å². The molecule has 1 aromatic carbocycles. The number of hydrogen-bond donors (Lipinski definition) is 2. The van der Waals surface area contributed by atoms with Gasteiger partial charge >= 0.3 is 5.69 Å². The third-order valence-electron chi connectivity index (χ3n) is 2.74. The lowest BCUT2D eigenvalue weighted by Crippen LogP contribution is -2.13. The van der Waals surface area contributed by atoms with Crippen LogP contribution < -0.4 is 10.5 Å². The Morgan fingerprint density at radius 1 is 1.48 bits per heavy atom. The molecule has 8 heteroatoms. The highest BCUT2D eigenvalue weighted by atomic mass is 16.6. The second-order valence-corrected chi connectivity index (χ2v) is 4.15. The second-order valence-electron chi connectivity index (χ2n) is 4.15. The number of aromatic nitrogens is 1. The Morgan fingerprint density at radius 2 is 2.24 bits per heavy atom. The maximum absolute atomic E-state index is 11.1. The van der Waals surface area contributed by atoms with Crippen LogP contribution in [-0.4, -0.2) is 21.0 Å². The first-order valence-corrected chi connectivity index (χ1v) is 5.88.